The molecule has 0 N–H and O–H groups in total. The Balaban J connectivity index is 2.56. The van der Waals surface area contributed by atoms with Crippen molar-refractivity contribution in [2.75, 3.05) is 13.2 Å². The Morgan fingerprint density at radius 3 is 2.10 bits per heavy atom. The molecule has 0 saturated heterocycles. The predicted octanol–water partition coefficient (Wildman–Crippen LogP) is 4.25. The van der Waals surface area contributed by atoms with E-state index in [1.165, 1.54) is 0 Å². The molecule has 1 aromatic carbocycles. The fourth-order valence-electron chi connectivity index (χ4n) is 1.20. The molecule has 7 heteroatoms. The Kier molecular flexibility index (Phi) is 6.91. The molecule has 0 fully saturated rings. The van der Waals surface area contributed by atoms with Crippen LogP contribution in [0.2, 0.25) is 0 Å². The second kappa shape index (κ2) is 7.95. The first-order chi connectivity index (χ1) is 9.32. The number of esters is 2. The molecule has 1 aromatic rings. The molecule has 0 radical (unpaired) electrons. The summed E-state index contributed by atoms with van der Waals surface area (Å²) in [6, 6.07) is 3.48. The van der Waals surface area contributed by atoms with Crippen molar-refractivity contribution in [1.82, 2.24) is 0 Å². The minimum Gasteiger partial charge on any atom is -0.459 e. The van der Waals surface area contributed by atoms with Crippen LogP contribution < -0.4 is 0 Å². The highest BCUT2D eigenvalue weighted by atomic mass is 79.9. The number of carbonyl (C=O) groups is 2. The zero-order valence-corrected chi connectivity index (χ0v) is 15.3. The van der Waals surface area contributed by atoms with Crippen molar-refractivity contribution in [2.24, 2.45) is 0 Å². The first-order valence-electron chi connectivity index (χ1n) is 5.47. The van der Waals surface area contributed by atoms with Crippen LogP contribution in [-0.4, -0.2) is 25.2 Å². The highest BCUT2D eigenvalue weighted by Gasteiger charge is 2.16. The SMILES string of the molecule is C=C(C)C(=O)OCCOC(=O)c1c(Br)cc(Br)cc1Br. The molecule has 0 atom stereocenters. The Morgan fingerprint density at radius 2 is 1.60 bits per heavy atom. The van der Waals surface area contributed by atoms with Crippen molar-refractivity contribution in [1.29, 1.82) is 0 Å². The van der Waals surface area contributed by atoms with Gasteiger partial charge in [0.2, 0.25) is 0 Å². The third-order valence-corrected chi connectivity index (χ3v) is 3.82. The van der Waals surface area contributed by atoms with Crippen molar-refractivity contribution in [3.63, 3.8) is 0 Å². The van der Waals surface area contributed by atoms with E-state index in [2.05, 4.69) is 54.4 Å². The van der Waals surface area contributed by atoms with Crippen molar-refractivity contribution < 1.29 is 19.1 Å². The van der Waals surface area contributed by atoms with Gasteiger partial charge in [-0.25, -0.2) is 9.59 Å². The van der Waals surface area contributed by atoms with Gasteiger partial charge in [-0.15, -0.1) is 0 Å². The van der Waals surface area contributed by atoms with E-state index in [-0.39, 0.29) is 13.2 Å². The van der Waals surface area contributed by atoms with Crippen LogP contribution in [0.4, 0.5) is 0 Å². The molecule has 0 saturated carbocycles. The summed E-state index contributed by atoms with van der Waals surface area (Å²) in [4.78, 5) is 23.0. The molecule has 20 heavy (non-hydrogen) atoms. The van der Waals surface area contributed by atoms with Gasteiger partial charge in [-0.2, -0.15) is 0 Å². The van der Waals surface area contributed by atoms with Gasteiger partial charge in [-0.1, -0.05) is 22.5 Å². The molecule has 4 nitrogen and oxygen atoms in total. The Hall–Kier alpha value is -0.660. The molecule has 0 unspecified atom stereocenters. The summed E-state index contributed by atoms with van der Waals surface area (Å²) in [5.41, 5.74) is 0.675. The number of carbonyl (C=O) groups excluding carboxylic acids is 2. The smallest absolute Gasteiger partial charge is 0.340 e. The third kappa shape index (κ3) is 5.03. The summed E-state index contributed by atoms with van der Waals surface area (Å²) in [7, 11) is 0. The lowest BCUT2D eigenvalue weighted by Gasteiger charge is -2.09. The van der Waals surface area contributed by atoms with Crippen molar-refractivity contribution >= 4 is 59.7 Å². The van der Waals surface area contributed by atoms with Crippen molar-refractivity contribution in [3.05, 3.63) is 43.3 Å². The zero-order chi connectivity index (χ0) is 15.3. The number of halogens is 3. The lowest BCUT2D eigenvalue weighted by atomic mass is 10.2. The largest absolute Gasteiger partial charge is 0.459 e. The maximum Gasteiger partial charge on any atom is 0.340 e. The van der Waals surface area contributed by atoms with Crippen LogP contribution in [0.15, 0.2) is 37.7 Å². The molecule has 0 heterocycles. The molecular weight excluding hydrogens is 460 g/mol. The highest BCUT2D eigenvalue weighted by molar-refractivity contribution is 9.11. The normalized spacial score (nSPS) is 10.0. The van der Waals surface area contributed by atoms with E-state index in [9.17, 15) is 9.59 Å². The minimum absolute atomic E-state index is 0.0107. The Bertz CT molecular complexity index is 532. The predicted molar refractivity (Wildman–Crippen MR) is 85.6 cm³/mol. The van der Waals surface area contributed by atoms with Gasteiger partial charge in [0.05, 0.1) is 5.56 Å². The second-order valence-corrected chi connectivity index (χ2v) is 6.42. The van der Waals surface area contributed by atoms with Crippen LogP contribution in [-0.2, 0) is 14.3 Å². The van der Waals surface area contributed by atoms with Crippen LogP contribution in [0, 0.1) is 0 Å². The quantitative estimate of drug-likeness (QED) is 0.367. The summed E-state index contributed by atoms with van der Waals surface area (Å²) in [6.07, 6.45) is 0. The molecule has 0 amide bonds. The highest BCUT2D eigenvalue weighted by Crippen LogP contribution is 2.30. The van der Waals surface area contributed by atoms with E-state index in [1.807, 2.05) is 0 Å². The first kappa shape index (κ1) is 17.4. The molecule has 0 spiro atoms. The fraction of sp³-hybridized carbons (Fsp3) is 0.231. The van der Waals surface area contributed by atoms with Gasteiger partial charge >= 0.3 is 11.9 Å². The molecular formula is C13H11Br3O4. The summed E-state index contributed by atoms with van der Waals surface area (Å²) in [6.45, 7) is 4.96. The van der Waals surface area contributed by atoms with Gasteiger partial charge in [0, 0.05) is 19.0 Å². The van der Waals surface area contributed by atoms with Gasteiger partial charge in [0.25, 0.3) is 0 Å². The maximum absolute atomic E-state index is 11.9. The Labute approximate surface area is 141 Å². The van der Waals surface area contributed by atoms with Crippen LogP contribution in [0.25, 0.3) is 0 Å². The summed E-state index contributed by atoms with van der Waals surface area (Å²) < 4.78 is 11.9. The van der Waals surface area contributed by atoms with Gasteiger partial charge in [0.1, 0.15) is 13.2 Å². The lowest BCUT2D eigenvalue weighted by molar-refractivity contribution is -0.140. The number of rotatable bonds is 5. The second-order valence-electron chi connectivity index (χ2n) is 3.80. The number of ether oxygens (including phenoxy) is 2. The van der Waals surface area contributed by atoms with Gasteiger partial charge in [-0.3, -0.25) is 0 Å². The molecule has 0 aliphatic rings. The first-order valence-corrected chi connectivity index (χ1v) is 7.85. The van der Waals surface area contributed by atoms with Crippen LogP contribution >= 0.6 is 47.8 Å². The Morgan fingerprint density at radius 1 is 1.10 bits per heavy atom. The summed E-state index contributed by atoms with van der Waals surface area (Å²) >= 11 is 9.90. The molecule has 0 bridgehead atoms. The van der Waals surface area contributed by atoms with E-state index in [1.54, 1.807) is 19.1 Å². The fourth-order valence-corrected chi connectivity index (χ4v) is 3.78. The van der Waals surface area contributed by atoms with Crippen LogP contribution in [0.3, 0.4) is 0 Å². The van der Waals surface area contributed by atoms with Crippen molar-refractivity contribution in [2.45, 2.75) is 6.92 Å². The zero-order valence-electron chi connectivity index (χ0n) is 10.5. The van der Waals surface area contributed by atoms with E-state index in [0.29, 0.717) is 20.1 Å². The van der Waals surface area contributed by atoms with Crippen LogP contribution in [0.5, 0.6) is 0 Å². The third-order valence-electron chi connectivity index (χ3n) is 2.11. The summed E-state index contributed by atoms with van der Waals surface area (Å²) in [5, 5.41) is 0. The average Bonchev–Trinajstić information content (AvgIpc) is 2.32. The average molecular weight is 471 g/mol. The van der Waals surface area contributed by atoms with Gasteiger partial charge in [-0.05, 0) is 50.9 Å². The molecule has 0 aromatic heterocycles. The molecule has 0 aliphatic carbocycles. The van der Waals surface area contributed by atoms with E-state index < -0.39 is 11.9 Å². The van der Waals surface area contributed by atoms with Gasteiger partial charge in [0.15, 0.2) is 0 Å². The van der Waals surface area contributed by atoms with Crippen LogP contribution in [0.1, 0.15) is 17.3 Å². The topological polar surface area (TPSA) is 52.6 Å². The summed E-state index contributed by atoms with van der Waals surface area (Å²) in [5.74, 6) is -1.02. The van der Waals surface area contributed by atoms with E-state index in [0.717, 1.165) is 4.47 Å². The molecule has 0 aliphatic heterocycles. The maximum atomic E-state index is 11.9. The lowest BCUT2D eigenvalue weighted by Crippen LogP contribution is -2.15. The molecule has 108 valence electrons. The standard InChI is InChI=1S/C13H11Br3O4/c1-7(2)12(17)19-3-4-20-13(18)11-9(15)5-8(14)6-10(11)16/h5-6H,1,3-4H2,2H3. The number of benzene rings is 1. The van der Waals surface area contributed by atoms with E-state index in [4.69, 9.17) is 9.47 Å². The van der Waals surface area contributed by atoms with Crippen molar-refractivity contribution in [3.8, 4) is 0 Å². The number of hydrogen-bond donors (Lipinski definition) is 0. The van der Waals surface area contributed by atoms with Gasteiger partial charge < -0.3 is 9.47 Å². The van der Waals surface area contributed by atoms with E-state index >= 15 is 0 Å². The monoisotopic (exact) mass is 468 g/mol. The number of hydrogen-bond acceptors (Lipinski definition) is 4. The minimum atomic E-state index is -0.511. The molecule has 1 rings (SSSR count).